The fourth-order valence-corrected chi connectivity index (χ4v) is 3.15. The molecule has 1 saturated heterocycles. The number of halogens is 1. The van der Waals surface area contributed by atoms with Gasteiger partial charge in [-0.25, -0.2) is 17.9 Å². The van der Waals surface area contributed by atoms with Crippen LogP contribution < -0.4 is 10.0 Å². The lowest BCUT2D eigenvalue weighted by Crippen LogP contribution is -2.36. The minimum atomic E-state index is -3.88. The number of hydrogen-bond donors (Lipinski definition) is 2. The summed E-state index contributed by atoms with van der Waals surface area (Å²) in [6.45, 7) is 1.53. The molecule has 1 aromatic carbocycles. The zero-order chi connectivity index (χ0) is 14.8. The molecule has 112 valence electrons. The van der Waals surface area contributed by atoms with Gasteiger partial charge >= 0.3 is 0 Å². The number of aliphatic hydroxyl groups excluding tert-OH is 1. The number of nitrogens with two attached hydrogens (primary N) is 1. The van der Waals surface area contributed by atoms with Gasteiger partial charge in [0.15, 0.2) is 0 Å². The van der Waals surface area contributed by atoms with Crippen molar-refractivity contribution in [3.63, 3.8) is 0 Å². The molecule has 0 bridgehead atoms. The van der Waals surface area contributed by atoms with Crippen molar-refractivity contribution in [1.82, 2.24) is 0 Å². The first kappa shape index (κ1) is 15.2. The Morgan fingerprint density at radius 1 is 1.45 bits per heavy atom. The number of hydrogen-bond acceptors (Lipinski definition) is 4. The minimum absolute atomic E-state index is 0.130. The highest BCUT2D eigenvalue weighted by Crippen LogP contribution is 2.28. The van der Waals surface area contributed by atoms with Gasteiger partial charge in [-0.05, 0) is 43.4 Å². The predicted molar refractivity (Wildman–Crippen MR) is 74.4 cm³/mol. The third-order valence-electron chi connectivity index (χ3n) is 3.64. The normalized spacial score (nSPS) is 20.1. The zero-order valence-corrected chi connectivity index (χ0v) is 11.9. The van der Waals surface area contributed by atoms with Crippen LogP contribution in [-0.4, -0.2) is 33.2 Å². The molecule has 2 rings (SSSR count). The van der Waals surface area contributed by atoms with Gasteiger partial charge in [0.05, 0.1) is 10.6 Å². The van der Waals surface area contributed by atoms with Gasteiger partial charge in [-0.2, -0.15) is 0 Å². The SMILES string of the molecule is NS(=O)(=O)c1ccc(N2CCCC(CCO)C2)c(F)c1. The Balaban J connectivity index is 2.20. The Hall–Kier alpha value is -1.18. The van der Waals surface area contributed by atoms with E-state index in [-0.39, 0.29) is 11.5 Å². The van der Waals surface area contributed by atoms with E-state index in [2.05, 4.69) is 0 Å². The molecule has 0 aromatic heterocycles. The maximum absolute atomic E-state index is 14.1. The highest BCUT2D eigenvalue weighted by atomic mass is 32.2. The Morgan fingerprint density at radius 3 is 2.80 bits per heavy atom. The molecule has 1 aliphatic heterocycles. The summed E-state index contributed by atoms with van der Waals surface area (Å²) >= 11 is 0. The van der Waals surface area contributed by atoms with Gasteiger partial charge in [-0.15, -0.1) is 0 Å². The molecule has 0 saturated carbocycles. The Bertz CT molecular complexity index is 575. The number of nitrogens with zero attached hydrogens (tertiary/aromatic N) is 1. The van der Waals surface area contributed by atoms with Crippen LogP contribution in [0.15, 0.2) is 23.1 Å². The molecule has 20 heavy (non-hydrogen) atoms. The Kier molecular flexibility index (Phi) is 4.62. The average molecular weight is 302 g/mol. The largest absolute Gasteiger partial charge is 0.396 e. The van der Waals surface area contributed by atoms with Gasteiger partial charge in [0, 0.05) is 19.7 Å². The zero-order valence-electron chi connectivity index (χ0n) is 11.1. The third-order valence-corrected chi connectivity index (χ3v) is 4.56. The molecule has 1 atom stereocenters. The summed E-state index contributed by atoms with van der Waals surface area (Å²) in [7, 11) is -3.88. The summed E-state index contributed by atoms with van der Waals surface area (Å²) in [5, 5.41) is 14.0. The summed E-state index contributed by atoms with van der Waals surface area (Å²) in [4.78, 5) is 1.68. The van der Waals surface area contributed by atoms with Crippen LogP contribution in [0.3, 0.4) is 0 Å². The highest BCUT2D eigenvalue weighted by Gasteiger charge is 2.22. The van der Waals surface area contributed by atoms with E-state index in [0.29, 0.717) is 24.6 Å². The lowest BCUT2D eigenvalue weighted by Gasteiger charge is -2.34. The van der Waals surface area contributed by atoms with Gasteiger partial charge in [-0.3, -0.25) is 0 Å². The van der Waals surface area contributed by atoms with Crippen molar-refractivity contribution in [1.29, 1.82) is 0 Å². The van der Waals surface area contributed by atoms with Crippen LogP contribution in [0.1, 0.15) is 19.3 Å². The summed E-state index contributed by atoms with van der Waals surface area (Å²) in [5.74, 6) is -0.243. The molecule has 0 spiro atoms. The van der Waals surface area contributed by atoms with Gasteiger partial charge in [0.1, 0.15) is 5.82 Å². The maximum atomic E-state index is 14.1. The number of piperidine rings is 1. The second kappa shape index (κ2) is 6.07. The van der Waals surface area contributed by atoms with E-state index in [1.807, 2.05) is 4.90 Å². The first-order valence-corrected chi connectivity index (χ1v) is 8.14. The number of primary sulfonamides is 1. The first-order chi connectivity index (χ1) is 9.41. The summed E-state index contributed by atoms with van der Waals surface area (Å²) in [5.41, 5.74) is 0.389. The predicted octanol–water partition coefficient (Wildman–Crippen LogP) is 1.07. The van der Waals surface area contributed by atoms with Gasteiger partial charge in [0.2, 0.25) is 10.0 Å². The van der Waals surface area contributed by atoms with Crippen molar-refractivity contribution in [3.8, 4) is 0 Å². The van der Waals surface area contributed by atoms with E-state index < -0.39 is 15.8 Å². The van der Waals surface area contributed by atoms with Crippen molar-refractivity contribution < 1.29 is 17.9 Å². The first-order valence-electron chi connectivity index (χ1n) is 6.60. The molecule has 1 aliphatic rings. The average Bonchev–Trinajstić information content (AvgIpc) is 2.38. The molecular formula is C13H19FN2O3S. The second-order valence-electron chi connectivity index (χ2n) is 5.12. The van der Waals surface area contributed by atoms with Crippen molar-refractivity contribution in [2.75, 3.05) is 24.6 Å². The summed E-state index contributed by atoms with van der Waals surface area (Å²) < 4.78 is 36.4. The summed E-state index contributed by atoms with van der Waals surface area (Å²) in [6, 6.07) is 3.74. The van der Waals surface area contributed by atoms with Crippen LogP contribution >= 0.6 is 0 Å². The molecule has 0 amide bonds. The molecule has 3 N–H and O–H groups in total. The molecule has 1 fully saturated rings. The smallest absolute Gasteiger partial charge is 0.238 e. The molecular weight excluding hydrogens is 283 g/mol. The molecule has 1 heterocycles. The number of rotatable bonds is 4. The lowest BCUT2D eigenvalue weighted by molar-refractivity contribution is 0.244. The van der Waals surface area contributed by atoms with Crippen molar-refractivity contribution in [2.45, 2.75) is 24.2 Å². The fraction of sp³-hybridized carbons (Fsp3) is 0.538. The van der Waals surface area contributed by atoms with Crippen LogP contribution in [0.4, 0.5) is 10.1 Å². The van der Waals surface area contributed by atoms with E-state index in [1.165, 1.54) is 12.1 Å². The molecule has 5 nitrogen and oxygen atoms in total. The van der Waals surface area contributed by atoms with Crippen LogP contribution in [0.25, 0.3) is 0 Å². The van der Waals surface area contributed by atoms with Crippen LogP contribution in [-0.2, 0) is 10.0 Å². The van der Waals surface area contributed by atoms with Crippen LogP contribution in [0.2, 0.25) is 0 Å². The van der Waals surface area contributed by atoms with E-state index in [4.69, 9.17) is 10.2 Å². The quantitative estimate of drug-likeness (QED) is 0.871. The van der Waals surface area contributed by atoms with Crippen LogP contribution in [0.5, 0.6) is 0 Å². The second-order valence-corrected chi connectivity index (χ2v) is 6.69. The minimum Gasteiger partial charge on any atom is -0.396 e. The third kappa shape index (κ3) is 3.47. The Labute approximate surface area is 118 Å². The van der Waals surface area contributed by atoms with E-state index in [0.717, 1.165) is 25.5 Å². The van der Waals surface area contributed by atoms with Crippen molar-refractivity contribution in [3.05, 3.63) is 24.0 Å². The molecule has 1 unspecified atom stereocenters. The van der Waals surface area contributed by atoms with E-state index >= 15 is 0 Å². The number of benzene rings is 1. The monoisotopic (exact) mass is 302 g/mol. The lowest BCUT2D eigenvalue weighted by atomic mass is 9.95. The van der Waals surface area contributed by atoms with Gasteiger partial charge < -0.3 is 10.0 Å². The number of sulfonamides is 1. The Morgan fingerprint density at radius 2 is 2.20 bits per heavy atom. The topological polar surface area (TPSA) is 83.6 Å². The number of aliphatic hydroxyl groups is 1. The van der Waals surface area contributed by atoms with Gasteiger partial charge in [-0.1, -0.05) is 0 Å². The van der Waals surface area contributed by atoms with E-state index in [9.17, 15) is 12.8 Å². The fourth-order valence-electron chi connectivity index (χ4n) is 2.62. The van der Waals surface area contributed by atoms with Crippen LogP contribution in [0, 0.1) is 11.7 Å². The maximum Gasteiger partial charge on any atom is 0.238 e. The van der Waals surface area contributed by atoms with E-state index in [1.54, 1.807) is 0 Å². The molecule has 0 aliphatic carbocycles. The van der Waals surface area contributed by atoms with Gasteiger partial charge in [0.25, 0.3) is 0 Å². The number of anilines is 1. The highest BCUT2D eigenvalue weighted by molar-refractivity contribution is 7.89. The molecule has 7 heteroatoms. The van der Waals surface area contributed by atoms with Crippen molar-refractivity contribution >= 4 is 15.7 Å². The molecule has 1 aromatic rings. The standard InChI is InChI=1S/C13H19FN2O3S/c14-12-8-11(20(15,18)19)3-4-13(12)16-6-1-2-10(9-16)5-7-17/h3-4,8,10,17H,1-2,5-7,9H2,(H2,15,18,19). The molecule has 0 radical (unpaired) electrons. The summed E-state index contributed by atoms with van der Waals surface area (Å²) in [6.07, 6.45) is 2.66. The van der Waals surface area contributed by atoms with Crippen molar-refractivity contribution in [2.24, 2.45) is 11.1 Å².